The van der Waals surface area contributed by atoms with E-state index in [4.69, 9.17) is 16.3 Å². The lowest BCUT2D eigenvalue weighted by atomic mass is 9.94. The number of anilines is 1. The maximum atomic E-state index is 13.8. The number of quaternary nitrogens is 1. The van der Waals surface area contributed by atoms with Crippen LogP contribution < -0.4 is 20.5 Å². The summed E-state index contributed by atoms with van der Waals surface area (Å²) in [6, 6.07) is 9.45. The van der Waals surface area contributed by atoms with Crippen LogP contribution >= 0.6 is 11.6 Å². The Balaban J connectivity index is 1.53. The van der Waals surface area contributed by atoms with E-state index in [1.54, 1.807) is 36.5 Å². The van der Waals surface area contributed by atoms with Crippen molar-refractivity contribution in [2.45, 2.75) is 44.4 Å². The minimum atomic E-state index is -2.48. The van der Waals surface area contributed by atoms with Crippen molar-refractivity contribution in [3.8, 4) is 11.4 Å². The Morgan fingerprint density at radius 1 is 1.28 bits per heavy atom. The van der Waals surface area contributed by atoms with E-state index in [1.165, 1.54) is 10.7 Å². The van der Waals surface area contributed by atoms with Gasteiger partial charge in [0.05, 0.1) is 43.0 Å². The first-order valence-electron chi connectivity index (χ1n) is 14.0. The minimum absolute atomic E-state index is 0.00559. The predicted octanol–water partition coefficient (Wildman–Crippen LogP) is 2.61. The third kappa shape index (κ3) is 7.12. The summed E-state index contributed by atoms with van der Waals surface area (Å²) in [5.41, 5.74) is 1.71. The van der Waals surface area contributed by atoms with E-state index in [0.29, 0.717) is 65.6 Å². The van der Waals surface area contributed by atoms with Gasteiger partial charge in [0, 0.05) is 39.8 Å². The van der Waals surface area contributed by atoms with Crippen LogP contribution in [0.4, 0.5) is 11.4 Å². The van der Waals surface area contributed by atoms with Crippen LogP contribution in [0.15, 0.2) is 47.4 Å². The highest BCUT2D eigenvalue weighted by molar-refractivity contribution is 7.78. The molecule has 2 aliphatic rings. The van der Waals surface area contributed by atoms with Crippen molar-refractivity contribution in [3.63, 3.8) is 0 Å². The number of nitro groups is 1. The Hall–Kier alpha value is -3.65. The van der Waals surface area contributed by atoms with E-state index in [2.05, 4.69) is 12.0 Å². The third-order valence-electron chi connectivity index (χ3n) is 7.99. The molecule has 1 aliphatic carbocycles. The van der Waals surface area contributed by atoms with Gasteiger partial charge in [-0.15, -0.1) is 0 Å². The molecule has 0 spiro atoms. The third-order valence-corrected chi connectivity index (χ3v) is 8.77. The van der Waals surface area contributed by atoms with Gasteiger partial charge in [-0.25, -0.2) is 0 Å². The number of hydrogen-bond acceptors (Lipinski definition) is 9. The van der Waals surface area contributed by atoms with E-state index < -0.39 is 27.3 Å². The number of nitrogens with zero attached hydrogens (tertiary/aromatic N) is 4. The summed E-state index contributed by atoms with van der Waals surface area (Å²) in [6.45, 7) is 3.99. The second-order valence-electron chi connectivity index (χ2n) is 11.3. The summed E-state index contributed by atoms with van der Waals surface area (Å²) in [5.74, 6) is -0.224. The van der Waals surface area contributed by atoms with Gasteiger partial charge >= 0.3 is 5.56 Å². The second kappa shape index (κ2) is 12.9. The highest BCUT2D eigenvalue weighted by Gasteiger charge is 2.39. The summed E-state index contributed by atoms with van der Waals surface area (Å²) < 4.78 is 30.9. The number of piperazine rings is 1. The van der Waals surface area contributed by atoms with Crippen LogP contribution in [0, 0.1) is 15.5 Å². The molecule has 2 N–H and O–H groups in total. The number of aromatic nitrogens is 2. The van der Waals surface area contributed by atoms with Gasteiger partial charge in [0.2, 0.25) is 5.75 Å². The molecule has 2 aromatic carbocycles. The molecule has 12 nitrogen and oxygen atoms in total. The van der Waals surface area contributed by atoms with Gasteiger partial charge < -0.3 is 24.3 Å². The Morgan fingerprint density at radius 3 is 2.74 bits per heavy atom. The average Bonchev–Trinajstić information content (AvgIpc) is 3.72. The largest absolute Gasteiger partial charge is 0.772 e. The number of rotatable bonds is 12. The molecule has 1 aromatic heterocycles. The molecule has 1 saturated heterocycles. The first kappa shape index (κ1) is 30.8. The number of nitro benzene ring substituents is 1. The van der Waals surface area contributed by atoms with Gasteiger partial charge in [-0.2, -0.15) is 9.78 Å². The van der Waals surface area contributed by atoms with Crippen molar-refractivity contribution in [3.05, 3.63) is 84.8 Å². The fourth-order valence-electron chi connectivity index (χ4n) is 5.34. The van der Waals surface area contributed by atoms with E-state index in [9.17, 15) is 28.5 Å². The quantitative estimate of drug-likeness (QED) is 0.137. The molecule has 5 rings (SSSR count). The van der Waals surface area contributed by atoms with Crippen molar-refractivity contribution in [2.75, 3.05) is 31.1 Å². The molecule has 2 heterocycles. The molecule has 2 unspecified atom stereocenters. The number of hydrogen-bond donors (Lipinski definition) is 1. The van der Waals surface area contributed by atoms with Crippen LogP contribution in [-0.2, 0) is 28.0 Å². The molecule has 0 bridgehead atoms. The van der Waals surface area contributed by atoms with Crippen LogP contribution in [0.2, 0.25) is 5.02 Å². The Morgan fingerprint density at radius 2 is 2.07 bits per heavy atom. The van der Waals surface area contributed by atoms with Gasteiger partial charge in [0.15, 0.2) is 0 Å². The Kier molecular flexibility index (Phi) is 9.25. The lowest BCUT2D eigenvalue weighted by Gasteiger charge is -2.34. The number of carbonyl (C=O) groups excluding carboxylic acids is 1. The zero-order chi connectivity index (χ0) is 30.7. The fraction of sp³-hybridized carbons (Fsp3) is 0.414. The monoisotopic (exact) mass is 629 g/mol. The zero-order valence-electron chi connectivity index (χ0n) is 23.6. The molecule has 228 valence electrons. The first-order chi connectivity index (χ1) is 20.6. The zero-order valence-corrected chi connectivity index (χ0v) is 25.1. The van der Waals surface area contributed by atoms with Crippen LogP contribution in [0.5, 0.6) is 5.75 Å². The topological polar surface area (TPSA) is 164 Å². The lowest BCUT2D eigenvalue weighted by molar-refractivity contribution is -0.697. The molecule has 0 amide bonds. The summed E-state index contributed by atoms with van der Waals surface area (Å²) in [5, 5.41) is 18.7. The maximum Gasteiger partial charge on any atom is 0.316 e. The van der Waals surface area contributed by atoms with Crippen molar-refractivity contribution >= 4 is 40.3 Å². The van der Waals surface area contributed by atoms with Gasteiger partial charge in [0.25, 0.3) is 5.69 Å². The molecule has 1 saturated carbocycles. The molecule has 2 fully saturated rings. The smallest absolute Gasteiger partial charge is 0.316 e. The normalized spacial score (nSPS) is 18.2. The van der Waals surface area contributed by atoms with Gasteiger partial charge in [-0.3, -0.25) is 19.1 Å². The predicted molar refractivity (Wildman–Crippen MR) is 160 cm³/mol. The van der Waals surface area contributed by atoms with E-state index in [1.807, 2.05) is 10.2 Å². The SMILES string of the molecule is CC1(COc2c(N3CC[NH2+]C(c4cc(CCC=O)c([N+](=O)[O-])cc4CS(=O)[O-])C3)cnn(-c3cccc(Cl)c3)c2=O)CC1. The molecule has 1 aliphatic heterocycles. The number of ether oxygens (including phenoxy) is 1. The van der Waals surface area contributed by atoms with Gasteiger partial charge in [0.1, 0.15) is 18.0 Å². The van der Waals surface area contributed by atoms with Crippen LogP contribution in [-0.4, -0.2) is 56.0 Å². The van der Waals surface area contributed by atoms with Crippen molar-refractivity contribution < 1.29 is 28.5 Å². The number of benzene rings is 2. The molecule has 43 heavy (non-hydrogen) atoms. The standard InChI is InChI=1S/C29H32ClN5O7S/c1-29(7-8-29)18-42-27-26(15-32-34(28(27)37)22-6-2-5-21(30)14-22)33-10-9-31-24(16-33)23-12-19(4-3-11-36)25(35(38)39)13-20(23)17-43(40)41/h2,5-6,11-15,24,31H,3-4,7-10,16-18H2,1H3,(H,40,41). The summed E-state index contributed by atoms with van der Waals surface area (Å²) in [6.07, 6.45) is 4.56. The number of carbonyl (C=O) groups is 1. The van der Waals surface area contributed by atoms with Crippen molar-refractivity contribution in [1.29, 1.82) is 0 Å². The summed E-state index contributed by atoms with van der Waals surface area (Å²) in [7, 11) is 0. The average molecular weight is 630 g/mol. The molecule has 0 radical (unpaired) electrons. The number of aryl methyl sites for hydroxylation is 1. The summed E-state index contributed by atoms with van der Waals surface area (Å²) in [4.78, 5) is 38.1. The maximum absolute atomic E-state index is 13.8. The molecule has 14 heteroatoms. The number of aldehydes is 1. The summed E-state index contributed by atoms with van der Waals surface area (Å²) >= 11 is 3.69. The minimum Gasteiger partial charge on any atom is -0.772 e. The Bertz CT molecular complexity index is 1630. The van der Waals surface area contributed by atoms with Crippen LogP contribution in [0.1, 0.15) is 48.9 Å². The number of halogens is 1. The van der Waals surface area contributed by atoms with Gasteiger partial charge in [-0.1, -0.05) is 35.7 Å². The van der Waals surface area contributed by atoms with Crippen molar-refractivity contribution in [2.24, 2.45) is 5.41 Å². The molecular weight excluding hydrogens is 598 g/mol. The van der Waals surface area contributed by atoms with E-state index >= 15 is 0 Å². The molecular formula is C29H32ClN5O7S. The first-order valence-corrected chi connectivity index (χ1v) is 15.6. The van der Waals surface area contributed by atoms with E-state index in [-0.39, 0.29) is 35.7 Å². The highest BCUT2D eigenvalue weighted by atomic mass is 35.5. The van der Waals surface area contributed by atoms with Crippen molar-refractivity contribution in [1.82, 2.24) is 9.78 Å². The second-order valence-corrected chi connectivity index (χ2v) is 12.7. The molecule has 3 aromatic rings. The van der Waals surface area contributed by atoms with Crippen LogP contribution in [0.3, 0.4) is 0 Å². The van der Waals surface area contributed by atoms with Crippen LogP contribution in [0.25, 0.3) is 5.69 Å². The lowest BCUT2D eigenvalue weighted by Crippen LogP contribution is -2.90. The van der Waals surface area contributed by atoms with Gasteiger partial charge in [-0.05, 0) is 49.1 Å². The number of nitrogens with two attached hydrogens (primary N) is 1. The highest BCUT2D eigenvalue weighted by Crippen LogP contribution is 2.45. The Labute approximate surface area is 255 Å². The fourth-order valence-corrected chi connectivity index (χ4v) is 6.03. The molecule has 2 atom stereocenters. The van der Waals surface area contributed by atoms with E-state index in [0.717, 1.165) is 12.8 Å².